The summed E-state index contributed by atoms with van der Waals surface area (Å²) in [6.07, 6.45) is 3.15. The molecule has 1 aromatic heterocycles. The molecule has 0 saturated carbocycles. The minimum absolute atomic E-state index is 0.489. The highest BCUT2D eigenvalue weighted by Crippen LogP contribution is 2.41. The Morgan fingerprint density at radius 3 is 3.06 bits per heavy atom. The maximum Gasteiger partial charge on any atom is 0.172 e. The quantitative estimate of drug-likeness (QED) is 0.744. The summed E-state index contributed by atoms with van der Waals surface area (Å²) in [7, 11) is 0. The summed E-state index contributed by atoms with van der Waals surface area (Å²) >= 11 is 0. The van der Waals surface area contributed by atoms with Gasteiger partial charge in [-0.25, -0.2) is 4.98 Å². The summed E-state index contributed by atoms with van der Waals surface area (Å²) in [4.78, 5) is 6.98. The third-order valence-corrected chi connectivity index (χ3v) is 3.85. The first-order valence-electron chi connectivity index (χ1n) is 6.55. The van der Waals surface area contributed by atoms with Gasteiger partial charge in [0.15, 0.2) is 11.6 Å². The van der Waals surface area contributed by atoms with E-state index in [1.165, 1.54) is 12.0 Å². The topological polar surface area (TPSA) is 25.4 Å². The van der Waals surface area contributed by atoms with Gasteiger partial charge in [0.05, 0.1) is 6.04 Å². The number of aromatic nitrogens is 1. The lowest BCUT2D eigenvalue weighted by Crippen LogP contribution is -2.39. The SMILES string of the molecule is CC(C)c1ccnc2c1OC[C@H]1C[C@H](C)CN21. The molecule has 2 aliphatic rings. The largest absolute Gasteiger partial charge is 0.487 e. The third kappa shape index (κ3) is 1.68. The average Bonchev–Trinajstić information content (AvgIpc) is 2.68. The van der Waals surface area contributed by atoms with Gasteiger partial charge in [0.2, 0.25) is 0 Å². The molecule has 1 aromatic rings. The second kappa shape index (κ2) is 3.90. The molecule has 17 heavy (non-hydrogen) atoms. The van der Waals surface area contributed by atoms with Crippen LogP contribution in [-0.4, -0.2) is 24.2 Å². The normalized spacial score (nSPS) is 26.7. The lowest BCUT2D eigenvalue weighted by atomic mass is 10.0. The molecule has 0 unspecified atom stereocenters. The number of ether oxygens (including phenoxy) is 1. The number of fused-ring (bicyclic) bond motifs is 3. The molecule has 2 atom stereocenters. The summed E-state index contributed by atoms with van der Waals surface area (Å²) in [5, 5.41) is 0. The zero-order valence-electron chi connectivity index (χ0n) is 10.8. The van der Waals surface area contributed by atoms with Crippen LogP contribution in [0.2, 0.25) is 0 Å². The van der Waals surface area contributed by atoms with Gasteiger partial charge < -0.3 is 9.64 Å². The van der Waals surface area contributed by atoms with Crippen LogP contribution in [0.25, 0.3) is 0 Å². The number of hydrogen-bond acceptors (Lipinski definition) is 3. The molecule has 0 bridgehead atoms. The molecule has 3 heteroatoms. The fourth-order valence-corrected chi connectivity index (χ4v) is 3.01. The van der Waals surface area contributed by atoms with Crippen LogP contribution in [0.5, 0.6) is 5.75 Å². The maximum absolute atomic E-state index is 5.97. The Kier molecular flexibility index (Phi) is 2.49. The van der Waals surface area contributed by atoms with Gasteiger partial charge in [-0.3, -0.25) is 0 Å². The third-order valence-electron chi connectivity index (χ3n) is 3.85. The van der Waals surface area contributed by atoms with Gasteiger partial charge in [-0.15, -0.1) is 0 Å². The predicted octanol–water partition coefficient (Wildman–Crippen LogP) is 2.81. The van der Waals surface area contributed by atoms with E-state index in [4.69, 9.17) is 4.74 Å². The Bertz CT molecular complexity index is 430. The van der Waals surface area contributed by atoms with E-state index in [1.54, 1.807) is 0 Å². The number of anilines is 1. The Balaban J connectivity index is 2.04. The molecule has 3 rings (SSSR count). The predicted molar refractivity (Wildman–Crippen MR) is 68.7 cm³/mol. The first kappa shape index (κ1) is 10.9. The molecule has 3 nitrogen and oxygen atoms in total. The Morgan fingerprint density at radius 2 is 2.29 bits per heavy atom. The highest BCUT2D eigenvalue weighted by molar-refractivity contribution is 5.60. The minimum Gasteiger partial charge on any atom is -0.487 e. The van der Waals surface area contributed by atoms with Crippen molar-refractivity contribution in [3.8, 4) is 5.75 Å². The van der Waals surface area contributed by atoms with E-state index in [9.17, 15) is 0 Å². The van der Waals surface area contributed by atoms with Crippen LogP contribution in [-0.2, 0) is 0 Å². The molecule has 92 valence electrons. The van der Waals surface area contributed by atoms with Crippen molar-refractivity contribution >= 4 is 5.82 Å². The standard InChI is InChI=1S/C14H20N2O/c1-9(2)12-4-5-15-14-13(12)17-8-11-6-10(3)7-16(11)14/h4-5,9-11H,6-8H2,1-3H3/t10-,11+/m0/s1. The molecule has 0 amide bonds. The molecule has 0 spiro atoms. The van der Waals surface area contributed by atoms with E-state index in [1.807, 2.05) is 6.20 Å². The van der Waals surface area contributed by atoms with Crippen LogP contribution in [0.15, 0.2) is 12.3 Å². The molecular formula is C14H20N2O. The minimum atomic E-state index is 0.489. The van der Waals surface area contributed by atoms with E-state index < -0.39 is 0 Å². The van der Waals surface area contributed by atoms with Crippen LogP contribution in [0, 0.1) is 5.92 Å². The van der Waals surface area contributed by atoms with Crippen LogP contribution in [0.4, 0.5) is 5.82 Å². The zero-order chi connectivity index (χ0) is 12.0. The maximum atomic E-state index is 5.97. The van der Waals surface area contributed by atoms with Crippen LogP contribution in [0.1, 0.15) is 38.7 Å². The van der Waals surface area contributed by atoms with Crippen molar-refractivity contribution in [2.75, 3.05) is 18.1 Å². The van der Waals surface area contributed by atoms with E-state index in [0.717, 1.165) is 30.6 Å². The lowest BCUT2D eigenvalue weighted by molar-refractivity contribution is 0.264. The second-order valence-corrected chi connectivity index (χ2v) is 5.67. The lowest BCUT2D eigenvalue weighted by Gasteiger charge is -2.33. The second-order valence-electron chi connectivity index (χ2n) is 5.67. The summed E-state index contributed by atoms with van der Waals surface area (Å²) in [5.74, 6) is 3.33. The molecule has 1 saturated heterocycles. The van der Waals surface area contributed by atoms with Crippen LogP contribution in [0.3, 0.4) is 0 Å². The summed E-state index contributed by atoms with van der Waals surface area (Å²) in [6.45, 7) is 8.66. The fraction of sp³-hybridized carbons (Fsp3) is 0.643. The van der Waals surface area contributed by atoms with Gasteiger partial charge in [-0.05, 0) is 24.3 Å². The van der Waals surface area contributed by atoms with Crippen molar-refractivity contribution in [3.05, 3.63) is 17.8 Å². The first-order valence-corrected chi connectivity index (χ1v) is 6.55. The fourth-order valence-electron chi connectivity index (χ4n) is 3.01. The van der Waals surface area contributed by atoms with Crippen molar-refractivity contribution in [1.29, 1.82) is 0 Å². The molecule has 0 aliphatic carbocycles. The highest BCUT2D eigenvalue weighted by atomic mass is 16.5. The molecule has 3 heterocycles. The molecule has 0 N–H and O–H groups in total. The van der Waals surface area contributed by atoms with Crippen molar-refractivity contribution in [1.82, 2.24) is 4.98 Å². The molecule has 0 aromatic carbocycles. The molecule has 2 aliphatic heterocycles. The number of rotatable bonds is 1. The summed E-state index contributed by atoms with van der Waals surface area (Å²) in [5.41, 5.74) is 1.29. The van der Waals surface area contributed by atoms with Gasteiger partial charge in [-0.1, -0.05) is 20.8 Å². The van der Waals surface area contributed by atoms with Gasteiger partial charge in [0.25, 0.3) is 0 Å². The Labute approximate surface area is 103 Å². The number of hydrogen-bond donors (Lipinski definition) is 0. The van der Waals surface area contributed by atoms with Gasteiger partial charge in [0.1, 0.15) is 6.61 Å². The zero-order valence-corrected chi connectivity index (χ0v) is 10.8. The van der Waals surface area contributed by atoms with Gasteiger partial charge >= 0.3 is 0 Å². The van der Waals surface area contributed by atoms with Gasteiger partial charge in [-0.2, -0.15) is 0 Å². The molecular weight excluding hydrogens is 212 g/mol. The van der Waals surface area contributed by atoms with Crippen molar-refractivity contribution in [2.45, 2.75) is 39.2 Å². The van der Waals surface area contributed by atoms with Crippen molar-refractivity contribution < 1.29 is 4.74 Å². The Hall–Kier alpha value is -1.25. The summed E-state index contributed by atoms with van der Waals surface area (Å²) < 4.78 is 5.97. The summed E-state index contributed by atoms with van der Waals surface area (Å²) in [6, 6.07) is 2.62. The van der Waals surface area contributed by atoms with Crippen molar-refractivity contribution in [2.24, 2.45) is 5.92 Å². The average molecular weight is 232 g/mol. The smallest absolute Gasteiger partial charge is 0.172 e. The molecule has 0 radical (unpaired) electrons. The van der Waals surface area contributed by atoms with E-state index in [-0.39, 0.29) is 0 Å². The highest BCUT2D eigenvalue weighted by Gasteiger charge is 2.37. The monoisotopic (exact) mass is 232 g/mol. The Morgan fingerprint density at radius 1 is 1.47 bits per heavy atom. The van der Waals surface area contributed by atoms with Gasteiger partial charge in [0, 0.05) is 18.3 Å². The van der Waals surface area contributed by atoms with Crippen molar-refractivity contribution in [3.63, 3.8) is 0 Å². The molecule has 1 fully saturated rings. The number of pyridine rings is 1. The van der Waals surface area contributed by atoms with E-state index in [2.05, 4.69) is 36.7 Å². The van der Waals surface area contributed by atoms with E-state index >= 15 is 0 Å². The van der Waals surface area contributed by atoms with Crippen LogP contribution < -0.4 is 9.64 Å². The van der Waals surface area contributed by atoms with Crippen LogP contribution >= 0.6 is 0 Å². The van der Waals surface area contributed by atoms with E-state index in [0.29, 0.717) is 12.0 Å². The number of nitrogens with zero attached hydrogens (tertiary/aromatic N) is 2. The first-order chi connectivity index (χ1) is 8.16.